The summed E-state index contributed by atoms with van der Waals surface area (Å²) in [6.07, 6.45) is 3.76. The predicted molar refractivity (Wildman–Crippen MR) is 115 cm³/mol. The van der Waals surface area contributed by atoms with E-state index in [4.69, 9.17) is 4.42 Å². The van der Waals surface area contributed by atoms with Gasteiger partial charge >= 0.3 is 0 Å². The lowest BCUT2D eigenvalue weighted by atomic mass is 10.1. The molecule has 1 aliphatic heterocycles. The summed E-state index contributed by atoms with van der Waals surface area (Å²) in [6, 6.07) is 13.5. The Morgan fingerprint density at radius 2 is 2.03 bits per heavy atom. The summed E-state index contributed by atoms with van der Waals surface area (Å²) in [6.45, 7) is 3.00. The van der Waals surface area contributed by atoms with Crippen LogP contribution in [0.5, 0.6) is 0 Å². The number of fused-ring (bicyclic) bond motifs is 2. The van der Waals surface area contributed by atoms with Gasteiger partial charge in [-0.05, 0) is 36.8 Å². The van der Waals surface area contributed by atoms with Crippen molar-refractivity contribution in [1.29, 1.82) is 0 Å². The van der Waals surface area contributed by atoms with Crippen LogP contribution in [0.4, 0.5) is 11.4 Å². The maximum atomic E-state index is 12.6. The Kier molecular flexibility index (Phi) is 5.08. The molecule has 148 valence electrons. The second-order valence-electron chi connectivity index (χ2n) is 7.20. The maximum Gasteiger partial charge on any atom is 0.246 e. The first-order chi connectivity index (χ1) is 14.0. The molecule has 0 saturated heterocycles. The Morgan fingerprint density at radius 1 is 1.21 bits per heavy atom. The zero-order chi connectivity index (χ0) is 20.4. The van der Waals surface area contributed by atoms with E-state index in [1.807, 2.05) is 49.4 Å². The van der Waals surface area contributed by atoms with Gasteiger partial charge in [0.15, 0.2) is 0 Å². The minimum absolute atomic E-state index is 0.00257. The first-order valence-electron chi connectivity index (χ1n) is 9.59. The van der Waals surface area contributed by atoms with Crippen molar-refractivity contribution in [3.05, 3.63) is 65.4 Å². The Hall–Kier alpha value is -3.54. The van der Waals surface area contributed by atoms with Crippen LogP contribution in [0.2, 0.25) is 0 Å². The highest BCUT2D eigenvalue weighted by atomic mass is 16.3. The minimum Gasteiger partial charge on any atom is -0.459 e. The first-order valence-corrected chi connectivity index (χ1v) is 9.59. The number of hydrogen-bond donors (Lipinski definition) is 2. The molecule has 1 aromatic heterocycles. The summed E-state index contributed by atoms with van der Waals surface area (Å²) in [5.41, 5.74) is 4.39. The molecular weight excluding hydrogens is 366 g/mol. The third-order valence-corrected chi connectivity index (χ3v) is 5.10. The number of rotatable bonds is 4. The van der Waals surface area contributed by atoms with Gasteiger partial charge in [0.25, 0.3) is 0 Å². The van der Waals surface area contributed by atoms with Crippen molar-refractivity contribution >= 4 is 40.2 Å². The fourth-order valence-electron chi connectivity index (χ4n) is 3.41. The van der Waals surface area contributed by atoms with Gasteiger partial charge in [0, 0.05) is 37.0 Å². The molecule has 2 heterocycles. The number of nitrogens with zero attached hydrogens (tertiary/aromatic N) is 1. The second-order valence-corrected chi connectivity index (χ2v) is 7.20. The molecule has 0 saturated carbocycles. The van der Waals surface area contributed by atoms with Crippen molar-refractivity contribution in [1.82, 2.24) is 4.90 Å². The summed E-state index contributed by atoms with van der Waals surface area (Å²) in [5.74, 6) is 0.679. The van der Waals surface area contributed by atoms with Crippen LogP contribution in [0.25, 0.3) is 17.0 Å². The van der Waals surface area contributed by atoms with E-state index in [0.29, 0.717) is 19.5 Å². The van der Waals surface area contributed by atoms with Crippen LogP contribution >= 0.6 is 0 Å². The topological polar surface area (TPSA) is 74.6 Å². The predicted octanol–water partition coefficient (Wildman–Crippen LogP) is 4.17. The summed E-state index contributed by atoms with van der Waals surface area (Å²) >= 11 is 0. The number of benzene rings is 2. The molecule has 2 amide bonds. The molecule has 3 aromatic rings. The number of carbonyl (C=O) groups excluding carboxylic acids is 2. The van der Waals surface area contributed by atoms with E-state index in [1.165, 1.54) is 0 Å². The molecule has 6 heteroatoms. The number of furan rings is 1. The number of hydrogen-bond acceptors (Lipinski definition) is 4. The molecular formula is C23H23N3O3. The van der Waals surface area contributed by atoms with E-state index in [9.17, 15) is 9.59 Å². The van der Waals surface area contributed by atoms with E-state index < -0.39 is 0 Å². The Labute approximate surface area is 169 Å². The number of para-hydroxylation sites is 1. The number of anilines is 2. The minimum atomic E-state index is -0.110. The quantitative estimate of drug-likeness (QED) is 0.657. The van der Waals surface area contributed by atoms with Crippen LogP contribution in [0.3, 0.4) is 0 Å². The maximum absolute atomic E-state index is 12.6. The fourth-order valence-corrected chi connectivity index (χ4v) is 3.41. The number of amides is 2. The van der Waals surface area contributed by atoms with Crippen molar-refractivity contribution in [3.8, 4) is 0 Å². The number of carbonyl (C=O) groups is 2. The van der Waals surface area contributed by atoms with Gasteiger partial charge in [0.2, 0.25) is 11.8 Å². The first kappa shape index (κ1) is 18.8. The molecule has 29 heavy (non-hydrogen) atoms. The average molecular weight is 389 g/mol. The highest BCUT2D eigenvalue weighted by Gasteiger charge is 2.15. The van der Waals surface area contributed by atoms with Crippen molar-refractivity contribution in [2.45, 2.75) is 19.9 Å². The summed E-state index contributed by atoms with van der Waals surface area (Å²) in [4.78, 5) is 25.8. The Balaban J connectivity index is 1.45. The van der Waals surface area contributed by atoms with Crippen LogP contribution in [0.1, 0.15) is 23.3 Å². The SMILES string of the molecule is Cc1c(CN(C)C(=O)/C=C/c2ccc3c(c2)NCCC(=O)N3)oc2ccccc12. The molecule has 2 aromatic carbocycles. The lowest BCUT2D eigenvalue weighted by Gasteiger charge is -2.14. The highest BCUT2D eigenvalue weighted by Crippen LogP contribution is 2.27. The molecule has 0 fully saturated rings. The Morgan fingerprint density at radius 3 is 2.86 bits per heavy atom. The van der Waals surface area contributed by atoms with Crippen LogP contribution in [-0.2, 0) is 16.1 Å². The monoisotopic (exact) mass is 389 g/mol. The zero-order valence-electron chi connectivity index (χ0n) is 16.5. The summed E-state index contributed by atoms with van der Waals surface area (Å²) in [7, 11) is 1.76. The molecule has 2 N–H and O–H groups in total. The molecule has 0 atom stereocenters. The zero-order valence-corrected chi connectivity index (χ0v) is 16.5. The fraction of sp³-hybridized carbons (Fsp3) is 0.217. The van der Waals surface area contributed by atoms with Gasteiger partial charge in [-0.25, -0.2) is 0 Å². The van der Waals surface area contributed by atoms with Crippen molar-refractivity contribution in [2.75, 3.05) is 24.2 Å². The van der Waals surface area contributed by atoms with E-state index in [-0.39, 0.29) is 11.8 Å². The average Bonchev–Trinajstić information content (AvgIpc) is 2.90. The smallest absolute Gasteiger partial charge is 0.246 e. The van der Waals surface area contributed by atoms with Crippen molar-refractivity contribution in [3.63, 3.8) is 0 Å². The molecule has 1 aliphatic rings. The Bertz CT molecular complexity index is 1110. The van der Waals surface area contributed by atoms with E-state index >= 15 is 0 Å². The summed E-state index contributed by atoms with van der Waals surface area (Å²) < 4.78 is 5.90. The highest BCUT2D eigenvalue weighted by molar-refractivity contribution is 5.97. The molecule has 0 bridgehead atoms. The van der Waals surface area contributed by atoms with E-state index in [1.54, 1.807) is 24.1 Å². The normalized spacial score (nSPS) is 13.7. The van der Waals surface area contributed by atoms with Gasteiger partial charge in [-0.15, -0.1) is 0 Å². The van der Waals surface area contributed by atoms with Crippen molar-refractivity contribution < 1.29 is 14.0 Å². The molecule has 0 radical (unpaired) electrons. The van der Waals surface area contributed by atoms with Crippen LogP contribution in [0, 0.1) is 6.92 Å². The van der Waals surface area contributed by atoms with Gasteiger partial charge in [0.05, 0.1) is 17.9 Å². The van der Waals surface area contributed by atoms with Crippen molar-refractivity contribution in [2.24, 2.45) is 0 Å². The van der Waals surface area contributed by atoms with Crippen LogP contribution in [-0.4, -0.2) is 30.3 Å². The number of nitrogens with one attached hydrogen (secondary N) is 2. The van der Waals surface area contributed by atoms with Crippen LogP contribution in [0.15, 0.2) is 53.0 Å². The lowest BCUT2D eigenvalue weighted by Crippen LogP contribution is -2.24. The largest absolute Gasteiger partial charge is 0.459 e. The van der Waals surface area contributed by atoms with Gasteiger partial charge in [-0.2, -0.15) is 0 Å². The molecule has 0 unspecified atom stereocenters. The van der Waals surface area contributed by atoms with Gasteiger partial charge < -0.3 is 20.0 Å². The van der Waals surface area contributed by atoms with Gasteiger partial charge in [0.1, 0.15) is 11.3 Å². The lowest BCUT2D eigenvalue weighted by molar-refractivity contribution is -0.125. The molecule has 0 spiro atoms. The summed E-state index contributed by atoms with van der Waals surface area (Å²) in [5, 5.41) is 7.17. The standard InChI is InChI=1S/C23H23N3O3/c1-15-17-5-3-4-6-20(17)29-21(15)14-26(2)23(28)10-8-16-7-9-18-19(13-16)24-12-11-22(27)25-18/h3-10,13,24H,11-12,14H2,1-2H3,(H,25,27)/b10-8+. The van der Waals surface area contributed by atoms with Gasteiger partial charge in [-0.3, -0.25) is 9.59 Å². The van der Waals surface area contributed by atoms with E-state index in [0.717, 1.165) is 39.2 Å². The molecule has 0 aliphatic carbocycles. The number of aryl methyl sites for hydroxylation is 1. The third-order valence-electron chi connectivity index (χ3n) is 5.10. The van der Waals surface area contributed by atoms with Gasteiger partial charge in [-0.1, -0.05) is 24.3 Å². The molecule has 6 nitrogen and oxygen atoms in total. The molecule has 4 rings (SSSR count). The third kappa shape index (κ3) is 4.01. The van der Waals surface area contributed by atoms with Crippen LogP contribution < -0.4 is 10.6 Å². The second kappa shape index (κ2) is 7.83. The number of likely N-dealkylation sites (N-methyl/N-ethyl adjacent to an activating group) is 1. The van der Waals surface area contributed by atoms with E-state index in [2.05, 4.69) is 10.6 Å².